The minimum Gasteiger partial charge on any atom is -0.376 e. The van der Waals surface area contributed by atoms with Crippen molar-refractivity contribution in [3.8, 4) is 5.75 Å². The van der Waals surface area contributed by atoms with Crippen LogP contribution in [-0.2, 0) is 14.9 Å². The predicted octanol–water partition coefficient (Wildman–Crippen LogP) is 7.06. The van der Waals surface area contributed by atoms with Crippen molar-refractivity contribution in [2.24, 2.45) is 5.92 Å². The second kappa shape index (κ2) is 10.8. The first-order chi connectivity index (χ1) is 15.8. The van der Waals surface area contributed by atoms with Gasteiger partial charge in [-0.05, 0) is 55.5 Å². The number of nitrogens with zero attached hydrogens (tertiary/aromatic N) is 4. The quantitative estimate of drug-likeness (QED) is 0.200. The van der Waals surface area contributed by atoms with E-state index in [-0.39, 0.29) is 28.1 Å². The topological polar surface area (TPSA) is 117 Å². The molecule has 0 heterocycles. The third-order valence-electron chi connectivity index (χ3n) is 5.06. The molecule has 34 heavy (non-hydrogen) atoms. The number of hydrogen-bond acceptors (Lipinski definition) is 6. The molecule has 2 rings (SSSR count). The molecular weight excluding hydrogens is 497 g/mol. The highest BCUT2D eigenvalue weighted by atomic mass is 35.5. The van der Waals surface area contributed by atoms with E-state index in [1.807, 2.05) is 6.92 Å². The van der Waals surface area contributed by atoms with Gasteiger partial charge in [-0.25, -0.2) is 0 Å². The Labute approximate surface area is 199 Å². The van der Waals surface area contributed by atoms with Crippen LogP contribution in [0.3, 0.4) is 0 Å². The number of carbonyl (C=O) groups excluding carboxylic acids is 1. The van der Waals surface area contributed by atoms with E-state index in [1.165, 1.54) is 25.1 Å². The predicted molar refractivity (Wildman–Crippen MR) is 119 cm³/mol. The molecule has 8 nitrogen and oxygen atoms in total. The van der Waals surface area contributed by atoms with E-state index in [2.05, 4.69) is 14.1 Å². The molecule has 0 aliphatic heterocycles. The average molecular weight is 517 g/mol. The van der Waals surface area contributed by atoms with Crippen LogP contribution in [0, 0.1) is 16.7 Å². The number of benzene rings is 2. The zero-order chi connectivity index (χ0) is 25.7. The lowest BCUT2D eigenvalue weighted by Crippen LogP contribution is -2.28. The van der Waals surface area contributed by atoms with Crippen LogP contribution in [0.4, 0.5) is 24.5 Å². The van der Waals surface area contributed by atoms with Gasteiger partial charge in [-0.3, -0.25) is 0 Å². The van der Waals surface area contributed by atoms with Crippen LogP contribution in [-0.4, -0.2) is 19.7 Å². The molecule has 2 unspecified atom stereocenters. The number of carbonyl (C=O) groups is 1. The molecule has 2 aromatic carbocycles. The van der Waals surface area contributed by atoms with Crippen molar-refractivity contribution in [2.75, 3.05) is 0 Å². The number of halogens is 4. The molecule has 0 saturated heterocycles. The van der Waals surface area contributed by atoms with Gasteiger partial charge in [-0.2, -0.15) is 21.6 Å². The van der Waals surface area contributed by atoms with E-state index in [1.54, 1.807) is 6.07 Å². The highest BCUT2D eigenvalue weighted by Crippen LogP contribution is 2.45. The van der Waals surface area contributed by atoms with E-state index in [0.29, 0.717) is 30.4 Å². The maximum Gasteiger partial charge on any atom is 0.534 e. The molecule has 0 aliphatic rings. The zero-order valence-electron chi connectivity index (χ0n) is 18.1. The number of hydrogen-bond donors (Lipinski definition) is 0. The Morgan fingerprint density at radius 2 is 1.65 bits per heavy atom. The highest BCUT2D eigenvalue weighted by Gasteiger charge is 2.48. The molecule has 0 saturated carbocycles. The summed E-state index contributed by atoms with van der Waals surface area (Å²) >= 11 is 6.01. The van der Waals surface area contributed by atoms with Crippen LogP contribution in [0.25, 0.3) is 9.95 Å². The molecule has 0 radical (unpaired) electrons. The summed E-state index contributed by atoms with van der Waals surface area (Å²) in [5.41, 5.74) is -4.96. The monoisotopic (exact) mass is 516 g/mol. The Morgan fingerprint density at radius 1 is 1.06 bits per heavy atom. The lowest BCUT2D eigenvalue weighted by molar-refractivity contribution is -0.117. The molecule has 0 spiro atoms. The van der Waals surface area contributed by atoms with E-state index < -0.39 is 27.3 Å². The molecule has 2 aromatic rings. The van der Waals surface area contributed by atoms with Crippen molar-refractivity contribution >= 4 is 38.9 Å². The fourth-order valence-electron chi connectivity index (χ4n) is 3.53. The summed E-state index contributed by atoms with van der Waals surface area (Å²) in [6, 6.07) is 7.84. The standard InChI is InChI=1S/C21H20ClF3N4O4S/c1-12(11-13(2)30)3-8-16(17-9-10-18(22)20(29-27)19(17)28-26)14-4-6-15(7-5-14)33-34(31,32)21(23,24)25/h4-7,9-10,12,16H,3,8,11H2,1-2H3/q+2. The summed E-state index contributed by atoms with van der Waals surface area (Å²) in [6.45, 7) is 3.35. The molecule has 180 valence electrons. The number of Topliss-reactive ketones (excluding diaryl/α,β-unsaturated/α-hetero) is 1. The van der Waals surface area contributed by atoms with Gasteiger partial charge in [0.05, 0.1) is 5.56 Å². The highest BCUT2D eigenvalue weighted by molar-refractivity contribution is 7.88. The van der Waals surface area contributed by atoms with E-state index in [9.17, 15) is 37.2 Å². The Balaban J connectivity index is 2.49. The summed E-state index contributed by atoms with van der Waals surface area (Å²) in [5.74, 6) is -1.07. The van der Waals surface area contributed by atoms with Crippen LogP contribution in [0.1, 0.15) is 50.2 Å². The summed E-state index contributed by atoms with van der Waals surface area (Å²) in [7, 11) is -5.83. The van der Waals surface area contributed by atoms with Gasteiger partial charge in [0.25, 0.3) is 0 Å². The van der Waals surface area contributed by atoms with Crippen molar-refractivity contribution in [1.82, 2.24) is 0 Å². The van der Waals surface area contributed by atoms with Gasteiger partial charge in [0.1, 0.15) is 16.6 Å². The Hall–Kier alpha value is -3.22. The van der Waals surface area contributed by atoms with Gasteiger partial charge >= 0.3 is 27.0 Å². The van der Waals surface area contributed by atoms with E-state index in [0.717, 1.165) is 12.1 Å². The number of rotatable bonds is 9. The molecule has 0 N–H and O–H groups in total. The maximum absolute atomic E-state index is 12.6. The first-order valence-electron chi connectivity index (χ1n) is 9.93. The zero-order valence-corrected chi connectivity index (χ0v) is 19.7. The minimum atomic E-state index is -5.83. The van der Waals surface area contributed by atoms with Crippen LogP contribution in [0.2, 0.25) is 5.02 Å². The molecule has 0 fully saturated rings. The van der Waals surface area contributed by atoms with Crippen LogP contribution in [0.15, 0.2) is 36.4 Å². The van der Waals surface area contributed by atoms with Crippen molar-refractivity contribution in [3.05, 3.63) is 62.5 Å². The summed E-state index contributed by atoms with van der Waals surface area (Å²) < 4.78 is 64.4. The SMILES string of the molecule is CC(=O)CC(C)CCC(c1ccc(OS(=O)(=O)C(F)(F)F)cc1)c1ccc(Cl)c([N+]#N)c1[N+]#N. The second-order valence-electron chi connectivity index (χ2n) is 7.73. The average Bonchev–Trinajstić information content (AvgIpc) is 2.73. The van der Waals surface area contributed by atoms with Gasteiger partial charge in [0.15, 0.2) is 9.95 Å². The largest absolute Gasteiger partial charge is 0.534 e. The molecule has 13 heteroatoms. The van der Waals surface area contributed by atoms with Crippen LogP contribution < -0.4 is 4.18 Å². The first kappa shape index (κ1) is 27.0. The molecule has 0 bridgehead atoms. The van der Waals surface area contributed by atoms with Gasteiger partial charge < -0.3 is 8.98 Å². The number of diazo groups is 2. The van der Waals surface area contributed by atoms with Crippen molar-refractivity contribution in [2.45, 2.75) is 44.5 Å². The Morgan fingerprint density at radius 3 is 2.15 bits per heavy atom. The summed E-state index contributed by atoms with van der Waals surface area (Å²) in [4.78, 5) is 17.7. The smallest absolute Gasteiger partial charge is 0.376 e. The first-order valence-corrected chi connectivity index (χ1v) is 11.7. The molecule has 0 aromatic heterocycles. The van der Waals surface area contributed by atoms with Gasteiger partial charge in [-0.15, -0.1) is 0 Å². The number of ketones is 1. The lowest BCUT2D eigenvalue weighted by Gasteiger charge is -2.19. The van der Waals surface area contributed by atoms with Crippen LogP contribution >= 0.6 is 11.6 Å². The van der Waals surface area contributed by atoms with Gasteiger partial charge in [0.2, 0.25) is 10.8 Å². The Bertz CT molecular complexity index is 1250. The summed E-state index contributed by atoms with van der Waals surface area (Å²) in [6.07, 6.45) is 1.29. The molecule has 2 atom stereocenters. The maximum atomic E-state index is 12.6. The molecule has 0 aliphatic carbocycles. The fraction of sp³-hybridized carbons (Fsp3) is 0.381. The van der Waals surface area contributed by atoms with E-state index in [4.69, 9.17) is 11.6 Å². The van der Waals surface area contributed by atoms with Crippen LogP contribution in [0.5, 0.6) is 5.75 Å². The van der Waals surface area contributed by atoms with E-state index >= 15 is 0 Å². The molecular formula is C21H20ClF3N4O4S+2. The minimum absolute atomic E-state index is 0.00310. The van der Waals surface area contributed by atoms with Gasteiger partial charge in [-0.1, -0.05) is 30.7 Å². The molecule has 0 amide bonds. The normalized spacial score (nSPS) is 13.4. The lowest BCUT2D eigenvalue weighted by atomic mass is 9.83. The number of alkyl halides is 3. The third-order valence-corrected chi connectivity index (χ3v) is 6.35. The van der Waals surface area contributed by atoms with Crippen molar-refractivity contribution < 1.29 is 30.6 Å². The third kappa shape index (κ3) is 6.43. The second-order valence-corrected chi connectivity index (χ2v) is 9.67. The van der Waals surface area contributed by atoms with Crippen molar-refractivity contribution in [1.29, 1.82) is 10.8 Å². The summed E-state index contributed by atoms with van der Waals surface area (Å²) in [5, 5.41) is 18.9. The van der Waals surface area contributed by atoms with Gasteiger partial charge in [0, 0.05) is 12.3 Å². The Kier molecular flexibility index (Phi) is 8.59. The fourth-order valence-corrected chi connectivity index (χ4v) is 4.18. The van der Waals surface area contributed by atoms with Crippen molar-refractivity contribution in [3.63, 3.8) is 0 Å².